The summed E-state index contributed by atoms with van der Waals surface area (Å²) in [5.41, 5.74) is -0.365. The molecule has 3 fully saturated rings. The molecule has 15 atom stereocenters. The fourth-order valence-electron chi connectivity index (χ4n) is 7.12. The molecule has 0 bridgehead atoms. The number of ether oxygens (including phenoxy) is 14. The van der Waals surface area contributed by atoms with Crippen molar-refractivity contribution in [3.8, 4) is 5.75 Å². The first-order chi connectivity index (χ1) is 31.5. The monoisotopic (exact) mass is 961 g/mol. The van der Waals surface area contributed by atoms with E-state index in [1.165, 1.54) is 0 Å². The third kappa shape index (κ3) is 14.9. The van der Waals surface area contributed by atoms with Crippen LogP contribution in [-0.4, -0.2) is 175 Å². The number of nitro groups is 1. The Kier molecular flexibility index (Phi) is 19.2. The van der Waals surface area contributed by atoms with E-state index in [-0.39, 0.29) is 11.4 Å². The molecule has 3 aliphatic rings. The number of non-ortho nitro benzene ring substituents is 1. The lowest BCUT2D eigenvalue weighted by Gasteiger charge is -2.50. The van der Waals surface area contributed by atoms with Crippen LogP contribution in [0.3, 0.4) is 0 Å². The lowest BCUT2D eigenvalue weighted by Crippen LogP contribution is -2.69. The van der Waals surface area contributed by atoms with E-state index < -0.39 is 165 Å². The first-order valence-electron chi connectivity index (χ1n) is 20.3. The number of hydrogen-bond donors (Lipinski definition) is 2. The van der Waals surface area contributed by atoms with Crippen LogP contribution >= 0.6 is 0 Å². The Balaban J connectivity index is 1.95. The highest BCUT2D eigenvalue weighted by atomic mass is 16.8. The average Bonchev–Trinajstić information content (AvgIpc) is 3.21. The minimum atomic E-state index is -2.05. The number of nitro benzene ring substituents is 1. The Bertz CT molecular complexity index is 1960. The van der Waals surface area contributed by atoms with E-state index in [0.29, 0.717) is 0 Å². The number of rotatable bonds is 18. The number of aliphatic hydroxyl groups is 2. The van der Waals surface area contributed by atoms with Crippen molar-refractivity contribution in [3.63, 3.8) is 0 Å². The maximum Gasteiger partial charge on any atom is 0.303 e. The third-order valence-electron chi connectivity index (χ3n) is 9.58. The first kappa shape index (κ1) is 53.5. The van der Waals surface area contributed by atoms with Gasteiger partial charge in [0.25, 0.3) is 5.69 Å². The molecule has 0 radical (unpaired) electrons. The largest absolute Gasteiger partial charge is 0.463 e. The van der Waals surface area contributed by atoms with Crippen LogP contribution in [0.15, 0.2) is 24.3 Å². The van der Waals surface area contributed by atoms with Gasteiger partial charge in [0.2, 0.25) is 6.29 Å². The summed E-state index contributed by atoms with van der Waals surface area (Å²) in [4.78, 5) is 110. The van der Waals surface area contributed by atoms with Gasteiger partial charge in [0.05, 0.1) is 11.5 Å². The molecule has 1 aromatic rings. The molecule has 2 N–H and O–H groups in total. The molecule has 0 aliphatic carbocycles. The molecule has 27 heteroatoms. The minimum absolute atomic E-state index is 0.162. The van der Waals surface area contributed by atoms with Crippen LogP contribution in [0.5, 0.6) is 5.75 Å². The van der Waals surface area contributed by atoms with Crippen molar-refractivity contribution in [1.29, 1.82) is 0 Å². The zero-order valence-electron chi connectivity index (χ0n) is 37.2. The molecule has 4 rings (SSSR count). The number of aliphatic hydroxyl groups excluding tert-OH is 2. The molecule has 67 heavy (non-hydrogen) atoms. The molecule has 0 amide bonds. The summed E-state index contributed by atoms with van der Waals surface area (Å²) in [5, 5.41) is 33.9. The second-order valence-electron chi connectivity index (χ2n) is 14.9. The third-order valence-corrected chi connectivity index (χ3v) is 9.58. The lowest BCUT2D eigenvalue weighted by molar-refractivity contribution is -0.385. The second kappa shape index (κ2) is 24.1. The Morgan fingerprint density at radius 2 is 0.866 bits per heavy atom. The minimum Gasteiger partial charge on any atom is -0.463 e. The molecule has 0 saturated carbocycles. The predicted octanol–water partition coefficient (Wildman–Crippen LogP) is -1.01. The quantitative estimate of drug-likeness (QED) is 0.0770. The van der Waals surface area contributed by atoms with Gasteiger partial charge in [0, 0.05) is 67.5 Å². The van der Waals surface area contributed by atoms with Gasteiger partial charge in [0.1, 0.15) is 49.5 Å². The Labute approximate surface area is 380 Å². The molecule has 3 saturated heterocycles. The van der Waals surface area contributed by atoms with E-state index in [9.17, 15) is 58.7 Å². The smallest absolute Gasteiger partial charge is 0.303 e. The van der Waals surface area contributed by atoms with Crippen LogP contribution < -0.4 is 4.74 Å². The van der Waals surface area contributed by atoms with Crippen LogP contribution in [0.2, 0.25) is 0 Å². The predicted molar refractivity (Wildman–Crippen MR) is 209 cm³/mol. The molecular weight excluding hydrogens is 910 g/mol. The molecule has 372 valence electrons. The maximum absolute atomic E-state index is 12.7. The zero-order valence-corrected chi connectivity index (χ0v) is 37.2. The highest BCUT2D eigenvalue weighted by Crippen LogP contribution is 2.38. The normalized spacial score (nSPS) is 31.4. The van der Waals surface area contributed by atoms with E-state index in [0.717, 1.165) is 79.7 Å². The van der Waals surface area contributed by atoms with Crippen molar-refractivity contribution in [3.05, 3.63) is 34.4 Å². The van der Waals surface area contributed by atoms with Gasteiger partial charge < -0.3 is 76.5 Å². The summed E-state index contributed by atoms with van der Waals surface area (Å²) in [7, 11) is 0. The molecular formula is C40H51NO26. The van der Waals surface area contributed by atoms with E-state index in [1.807, 2.05) is 0 Å². The summed E-state index contributed by atoms with van der Waals surface area (Å²) >= 11 is 0. The first-order valence-corrected chi connectivity index (χ1v) is 20.3. The van der Waals surface area contributed by atoms with Crippen LogP contribution in [0, 0.1) is 10.1 Å². The SMILES string of the molecule is CC(=O)OCC1OC(OC2C(Oc3ccc([N+](=O)[O-])cc3)OC(CO)C(O)C2OC2OC(COC(C)=O)C(OC(C)=O)C(OC(C)=O)C2OC(C)=O)C(OC(C)=O)C(OC(C)=O)C1OC(C)=O. The fourth-order valence-corrected chi connectivity index (χ4v) is 7.12. The summed E-state index contributed by atoms with van der Waals surface area (Å²) in [6.07, 6.45) is -27.6. The van der Waals surface area contributed by atoms with Crippen molar-refractivity contribution in [2.45, 2.75) is 148 Å². The van der Waals surface area contributed by atoms with E-state index in [2.05, 4.69) is 0 Å². The van der Waals surface area contributed by atoms with Gasteiger partial charge in [-0.25, -0.2) is 0 Å². The standard InChI is InChI=1S/C40H51NO26/c1-16(43)54-14-27-30(56-18(3)45)33(58-20(5)47)36(60-22(7)49)39(64-27)66-32-29(51)26(13-42)63-38(62-25-11-9-24(10-12-25)41(52)53)35(32)67-40-37(61-23(8)50)34(59-21(6)48)31(57-19(4)46)28(65-40)15-55-17(2)44/h9-12,26-40,42,51H,13-15H2,1-8H3. The second-order valence-corrected chi connectivity index (χ2v) is 14.9. The number of carbonyl (C=O) groups excluding carboxylic acids is 8. The summed E-state index contributed by atoms with van der Waals surface area (Å²) < 4.78 is 80.2. The van der Waals surface area contributed by atoms with Crippen molar-refractivity contribution >= 4 is 53.4 Å². The van der Waals surface area contributed by atoms with Gasteiger partial charge in [-0.2, -0.15) is 0 Å². The van der Waals surface area contributed by atoms with E-state index in [1.54, 1.807) is 0 Å². The Morgan fingerprint density at radius 1 is 0.507 bits per heavy atom. The zero-order chi connectivity index (χ0) is 49.9. The highest BCUT2D eigenvalue weighted by molar-refractivity contribution is 5.70. The molecule has 3 aliphatic heterocycles. The van der Waals surface area contributed by atoms with Gasteiger partial charge in [-0.05, 0) is 12.1 Å². The van der Waals surface area contributed by atoms with Gasteiger partial charge in [-0.15, -0.1) is 0 Å². The van der Waals surface area contributed by atoms with Crippen LogP contribution in [0.4, 0.5) is 5.69 Å². The van der Waals surface area contributed by atoms with Crippen molar-refractivity contribution in [2.75, 3.05) is 19.8 Å². The van der Waals surface area contributed by atoms with Crippen LogP contribution in [0.25, 0.3) is 0 Å². The molecule has 0 spiro atoms. The van der Waals surface area contributed by atoms with Crippen molar-refractivity contribution in [2.24, 2.45) is 0 Å². The summed E-state index contributed by atoms with van der Waals surface area (Å²) in [5.74, 6) is -7.83. The van der Waals surface area contributed by atoms with Gasteiger partial charge in [0.15, 0.2) is 55.3 Å². The summed E-state index contributed by atoms with van der Waals surface area (Å²) in [6.45, 7) is 5.50. The number of esters is 8. The topological polar surface area (TPSA) is 349 Å². The average molecular weight is 962 g/mol. The van der Waals surface area contributed by atoms with Gasteiger partial charge in [-0.1, -0.05) is 0 Å². The van der Waals surface area contributed by atoms with E-state index >= 15 is 0 Å². The summed E-state index contributed by atoms with van der Waals surface area (Å²) in [6, 6.07) is 4.39. The lowest BCUT2D eigenvalue weighted by atomic mass is 9.95. The Morgan fingerprint density at radius 3 is 1.22 bits per heavy atom. The fraction of sp³-hybridized carbons (Fsp3) is 0.650. The molecule has 0 aromatic heterocycles. The number of nitrogens with zero attached hydrogens (tertiary/aromatic N) is 1. The number of hydrogen-bond acceptors (Lipinski definition) is 26. The van der Waals surface area contributed by atoms with Crippen molar-refractivity contribution in [1.82, 2.24) is 0 Å². The van der Waals surface area contributed by atoms with Crippen LogP contribution in [-0.2, 0) is 99.9 Å². The molecule has 3 heterocycles. The van der Waals surface area contributed by atoms with Crippen molar-refractivity contribution < 1.29 is 120 Å². The maximum atomic E-state index is 12.7. The Hall–Kier alpha value is -6.10. The van der Waals surface area contributed by atoms with E-state index in [4.69, 9.17) is 66.3 Å². The highest BCUT2D eigenvalue weighted by Gasteiger charge is 2.59. The van der Waals surface area contributed by atoms with Crippen LogP contribution in [0.1, 0.15) is 55.4 Å². The number of carbonyl (C=O) groups is 8. The molecule has 1 aromatic carbocycles. The molecule has 27 nitrogen and oxygen atoms in total. The van der Waals surface area contributed by atoms with Gasteiger partial charge >= 0.3 is 47.8 Å². The molecule has 15 unspecified atom stereocenters. The number of benzene rings is 1. The van der Waals surface area contributed by atoms with Gasteiger partial charge in [-0.3, -0.25) is 48.5 Å².